The predicted octanol–water partition coefficient (Wildman–Crippen LogP) is 8.05. The van der Waals surface area contributed by atoms with Gasteiger partial charge in [0.2, 0.25) is 0 Å². The van der Waals surface area contributed by atoms with Gasteiger partial charge in [-0.05, 0) is 24.3 Å². The predicted molar refractivity (Wildman–Crippen MR) is 137 cm³/mol. The number of halogens is 6. The van der Waals surface area contributed by atoms with Gasteiger partial charge in [-0.2, -0.15) is 0 Å². The van der Waals surface area contributed by atoms with Gasteiger partial charge in [-0.1, -0.05) is 36.4 Å². The summed E-state index contributed by atoms with van der Waals surface area (Å²) in [6.45, 7) is 9.20. The van der Waals surface area contributed by atoms with Gasteiger partial charge < -0.3 is 0 Å². The Morgan fingerprint density at radius 3 is 1.15 bits per heavy atom. The average Bonchev–Trinajstić information content (AvgIpc) is 2.71. The SMILES string of the molecule is C[PH+](C)c1cccc2cccnc12.C[PH+](C)c1cccc2cccnc12.F[P-](F)(F)(F)(F)F.[Cu+]. The summed E-state index contributed by atoms with van der Waals surface area (Å²) in [6, 6.07) is 21.1. The summed E-state index contributed by atoms with van der Waals surface area (Å²) in [7, 11) is -11.5. The molecule has 0 aliphatic heterocycles. The van der Waals surface area contributed by atoms with Crippen LogP contribution >= 0.6 is 23.7 Å². The van der Waals surface area contributed by atoms with E-state index in [4.69, 9.17) is 0 Å². The van der Waals surface area contributed by atoms with Crippen LogP contribution in [0, 0.1) is 0 Å². The first kappa shape index (κ1) is 30.7. The number of benzene rings is 2. The van der Waals surface area contributed by atoms with Crippen LogP contribution in [0.5, 0.6) is 0 Å². The van der Waals surface area contributed by atoms with Crippen LogP contribution in [-0.2, 0) is 17.1 Å². The molecule has 0 fully saturated rings. The molecule has 2 aromatic carbocycles. The molecule has 0 amide bonds. The van der Waals surface area contributed by atoms with E-state index in [0.717, 1.165) is 0 Å². The summed E-state index contributed by atoms with van der Waals surface area (Å²) < 4.78 is 59.2. The number of aromatic nitrogens is 2. The van der Waals surface area contributed by atoms with Crippen molar-refractivity contribution in [2.24, 2.45) is 0 Å². The minimum absolute atomic E-state index is 0. The van der Waals surface area contributed by atoms with Gasteiger partial charge in [0.25, 0.3) is 0 Å². The molecule has 0 spiro atoms. The first-order valence-corrected chi connectivity index (χ1v) is 16.9. The summed E-state index contributed by atoms with van der Waals surface area (Å²) in [6.07, 6.45) is 3.74. The fourth-order valence-electron chi connectivity index (χ4n) is 3.02. The summed E-state index contributed by atoms with van der Waals surface area (Å²) in [5, 5.41) is 5.38. The van der Waals surface area contributed by atoms with Crippen LogP contribution in [0.1, 0.15) is 0 Å². The van der Waals surface area contributed by atoms with Gasteiger partial charge in [0.1, 0.15) is 21.6 Å². The second-order valence-electron chi connectivity index (χ2n) is 7.72. The van der Waals surface area contributed by atoms with Gasteiger partial charge in [0.05, 0.1) is 26.7 Å². The van der Waals surface area contributed by atoms with E-state index >= 15 is 0 Å². The summed E-state index contributed by atoms with van der Waals surface area (Å²) in [4.78, 5) is 8.86. The van der Waals surface area contributed by atoms with E-state index < -0.39 is 23.7 Å². The zero-order valence-electron chi connectivity index (χ0n) is 18.8. The molecule has 0 N–H and O–H groups in total. The molecule has 34 heavy (non-hydrogen) atoms. The number of fused-ring (bicyclic) bond motifs is 2. The topological polar surface area (TPSA) is 25.8 Å². The van der Waals surface area contributed by atoms with Gasteiger partial charge in [0.15, 0.2) is 0 Å². The largest absolute Gasteiger partial charge is 1.00 e. The average molecular weight is 589 g/mol. The third-order valence-corrected chi connectivity index (χ3v) is 7.30. The molecule has 190 valence electrons. The molecular weight excluding hydrogens is 563 g/mol. The Balaban J connectivity index is 0.000000264. The van der Waals surface area contributed by atoms with Crippen molar-refractivity contribution in [1.82, 2.24) is 9.97 Å². The zero-order valence-corrected chi connectivity index (χ0v) is 22.7. The first-order valence-electron chi connectivity index (χ1n) is 9.88. The second kappa shape index (κ2) is 11.1. The Morgan fingerprint density at radius 1 is 0.559 bits per heavy atom. The Bertz CT molecular complexity index is 1130. The minimum atomic E-state index is -10.7. The maximum absolute atomic E-state index is 10.7. The molecule has 0 aliphatic carbocycles. The molecule has 0 aliphatic rings. The third kappa shape index (κ3) is 11.4. The summed E-state index contributed by atoms with van der Waals surface area (Å²) >= 11 is 0. The summed E-state index contributed by atoms with van der Waals surface area (Å²) in [5.41, 5.74) is 2.37. The number of nitrogens with zero attached hydrogens (tertiary/aromatic N) is 2. The summed E-state index contributed by atoms with van der Waals surface area (Å²) in [5.74, 6) is 0. The van der Waals surface area contributed by atoms with Gasteiger partial charge in [-0.3, -0.25) is 9.97 Å². The van der Waals surface area contributed by atoms with E-state index in [0.29, 0.717) is 0 Å². The molecule has 2 heterocycles. The Kier molecular flexibility index (Phi) is 10.1. The van der Waals surface area contributed by atoms with Crippen molar-refractivity contribution in [2.45, 2.75) is 0 Å². The monoisotopic (exact) mass is 588 g/mol. The molecular formula is C22H26CuF6N2P3+2. The molecule has 0 unspecified atom stereocenters. The Hall–Kier alpha value is -1.35. The first-order chi connectivity index (χ1) is 15.0. The number of pyridine rings is 2. The van der Waals surface area contributed by atoms with Crippen molar-refractivity contribution >= 4 is 56.1 Å². The second-order valence-corrected chi connectivity index (χ2v) is 14.7. The standard InChI is InChI=1S/2C11H12NP.Cu.F6P/c2*1-13(2)10-7-3-5-9-6-4-8-12-11(9)10;;1-7(2,3,4,5)6/h2*3-8H,1-2H3;;/q;;+1;-1/p+2. The van der Waals surface area contributed by atoms with Gasteiger partial charge >= 0.3 is 50.1 Å². The molecule has 2 aromatic heterocycles. The molecule has 4 aromatic rings. The Morgan fingerprint density at radius 2 is 0.853 bits per heavy atom. The molecule has 0 radical (unpaired) electrons. The molecule has 0 atom stereocenters. The van der Waals surface area contributed by atoms with Crippen LogP contribution in [0.3, 0.4) is 0 Å². The maximum Gasteiger partial charge on any atom is 1.00 e. The number of hydrogen-bond acceptors (Lipinski definition) is 2. The van der Waals surface area contributed by atoms with Crippen LogP contribution in [0.15, 0.2) is 73.1 Å². The fourth-order valence-corrected chi connectivity index (χ4v) is 5.24. The number of rotatable bonds is 2. The molecule has 0 bridgehead atoms. The van der Waals surface area contributed by atoms with Crippen LogP contribution in [0.4, 0.5) is 25.2 Å². The number of para-hydroxylation sites is 2. The third-order valence-electron chi connectivity index (χ3n) is 4.34. The van der Waals surface area contributed by atoms with Gasteiger partial charge in [-0.25, -0.2) is 0 Å². The van der Waals surface area contributed by atoms with Crippen molar-refractivity contribution < 1.29 is 42.3 Å². The van der Waals surface area contributed by atoms with Gasteiger partial charge in [0, 0.05) is 39.0 Å². The maximum atomic E-state index is 9.87. The molecule has 4 rings (SSSR count). The zero-order chi connectivity index (χ0) is 24.9. The van der Waals surface area contributed by atoms with Crippen LogP contribution < -0.4 is 10.6 Å². The van der Waals surface area contributed by atoms with E-state index in [-0.39, 0.29) is 17.1 Å². The van der Waals surface area contributed by atoms with Crippen LogP contribution in [0.2, 0.25) is 0 Å². The van der Waals surface area contributed by atoms with Crippen molar-refractivity contribution in [2.75, 3.05) is 26.7 Å². The van der Waals surface area contributed by atoms with E-state index in [1.165, 1.54) is 32.4 Å². The van der Waals surface area contributed by atoms with Crippen molar-refractivity contribution in [3.8, 4) is 0 Å². The Labute approximate surface area is 207 Å². The van der Waals surface area contributed by atoms with Crippen molar-refractivity contribution in [1.29, 1.82) is 0 Å². The minimum Gasteiger partial charge on any atom is 1.00 e. The van der Waals surface area contributed by atoms with E-state index in [1.54, 1.807) is 0 Å². The smallest absolute Gasteiger partial charge is 1.00 e. The normalized spacial score (nSPS) is 13.2. The van der Waals surface area contributed by atoms with Crippen LogP contribution in [0.25, 0.3) is 21.8 Å². The fraction of sp³-hybridized carbons (Fsp3) is 0.182. The molecule has 2 nitrogen and oxygen atoms in total. The van der Waals surface area contributed by atoms with Crippen LogP contribution in [-0.4, -0.2) is 36.6 Å². The number of hydrogen-bond donors (Lipinski definition) is 0. The van der Waals surface area contributed by atoms with Gasteiger partial charge in [-0.15, -0.1) is 0 Å². The van der Waals surface area contributed by atoms with E-state index in [1.807, 2.05) is 24.5 Å². The quantitative estimate of drug-likeness (QED) is 0.135. The van der Waals surface area contributed by atoms with Crippen molar-refractivity contribution in [3.05, 3.63) is 73.1 Å². The molecule has 12 heteroatoms. The van der Waals surface area contributed by atoms with Crippen molar-refractivity contribution in [3.63, 3.8) is 0 Å². The van der Waals surface area contributed by atoms with E-state index in [2.05, 4.69) is 85.2 Å². The molecule has 0 saturated carbocycles. The molecule has 0 saturated heterocycles. The van der Waals surface area contributed by atoms with E-state index in [9.17, 15) is 25.2 Å².